The van der Waals surface area contributed by atoms with E-state index in [1.165, 1.54) is 12.8 Å². The number of hydrogen-bond donors (Lipinski definition) is 2. The van der Waals surface area contributed by atoms with Gasteiger partial charge in [-0.05, 0) is 31.1 Å². The molecule has 0 aromatic carbocycles. The molecule has 1 heterocycles. The minimum absolute atomic E-state index is 0.545. The third kappa shape index (κ3) is 3.62. The van der Waals surface area contributed by atoms with Crippen molar-refractivity contribution in [3.63, 3.8) is 0 Å². The zero-order valence-electron chi connectivity index (χ0n) is 13.2. The molecule has 0 spiro atoms. The molecule has 1 saturated carbocycles. The molecule has 0 bridgehead atoms. The molecule has 20 heavy (non-hydrogen) atoms. The minimum atomic E-state index is 0.545. The summed E-state index contributed by atoms with van der Waals surface area (Å²) in [6.07, 6.45) is 4.52. The van der Waals surface area contributed by atoms with Crippen molar-refractivity contribution in [3.05, 3.63) is 11.9 Å². The van der Waals surface area contributed by atoms with Crippen molar-refractivity contribution in [1.82, 2.24) is 9.97 Å². The number of nitrogens with one attached hydrogen (secondary N) is 2. The maximum atomic E-state index is 4.62. The number of anilines is 2. The lowest BCUT2D eigenvalue weighted by atomic mass is 9.98. The van der Waals surface area contributed by atoms with Gasteiger partial charge in [-0.25, -0.2) is 9.97 Å². The van der Waals surface area contributed by atoms with E-state index in [0.29, 0.717) is 12.0 Å². The van der Waals surface area contributed by atoms with Crippen molar-refractivity contribution in [3.8, 4) is 0 Å². The summed E-state index contributed by atoms with van der Waals surface area (Å²) in [6, 6.07) is 2.59. The molecule has 3 atom stereocenters. The normalized spacial score (nSPS) is 25.7. The third-order valence-electron chi connectivity index (χ3n) is 4.44. The molecular weight excluding hydrogens is 248 g/mol. The molecule has 1 aliphatic rings. The maximum absolute atomic E-state index is 4.62. The van der Waals surface area contributed by atoms with Gasteiger partial charge in [-0.1, -0.05) is 27.7 Å². The van der Waals surface area contributed by atoms with Crippen LogP contribution in [0.5, 0.6) is 0 Å². The monoisotopic (exact) mass is 276 g/mol. The van der Waals surface area contributed by atoms with E-state index < -0.39 is 0 Å². The quantitative estimate of drug-likeness (QED) is 0.831. The Hall–Kier alpha value is -1.32. The van der Waals surface area contributed by atoms with Crippen LogP contribution in [0.2, 0.25) is 0 Å². The van der Waals surface area contributed by atoms with Gasteiger partial charge in [0, 0.05) is 25.1 Å². The maximum Gasteiger partial charge on any atom is 0.132 e. The molecule has 2 N–H and O–H groups in total. The Balaban J connectivity index is 2.10. The zero-order valence-corrected chi connectivity index (χ0v) is 13.2. The highest BCUT2D eigenvalue weighted by molar-refractivity contribution is 5.48. The van der Waals surface area contributed by atoms with E-state index in [-0.39, 0.29) is 0 Å². The van der Waals surface area contributed by atoms with Crippen LogP contribution in [0.3, 0.4) is 0 Å². The van der Waals surface area contributed by atoms with Crippen LogP contribution in [0.15, 0.2) is 6.07 Å². The van der Waals surface area contributed by atoms with Crippen LogP contribution < -0.4 is 10.6 Å². The van der Waals surface area contributed by atoms with Gasteiger partial charge >= 0.3 is 0 Å². The lowest BCUT2D eigenvalue weighted by Crippen LogP contribution is -2.25. The topological polar surface area (TPSA) is 49.8 Å². The van der Waals surface area contributed by atoms with E-state index in [9.17, 15) is 0 Å². The molecule has 1 aliphatic carbocycles. The fourth-order valence-corrected chi connectivity index (χ4v) is 2.83. The van der Waals surface area contributed by atoms with Crippen LogP contribution in [0.1, 0.15) is 52.8 Å². The Morgan fingerprint density at radius 1 is 1.15 bits per heavy atom. The van der Waals surface area contributed by atoms with Crippen LogP contribution in [-0.2, 0) is 6.42 Å². The predicted octanol–water partition coefficient (Wildman–Crippen LogP) is 3.71. The molecule has 0 saturated heterocycles. The Bertz CT molecular complexity index is 432. The van der Waals surface area contributed by atoms with Gasteiger partial charge < -0.3 is 10.6 Å². The molecular formula is C16H28N4. The van der Waals surface area contributed by atoms with Crippen molar-refractivity contribution in [2.75, 3.05) is 17.2 Å². The van der Waals surface area contributed by atoms with Gasteiger partial charge in [0.2, 0.25) is 0 Å². The van der Waals surface area contributed by atoms with Crippen molar-refractivity contribution >= 4 is 11.6 Å². The molecule has 1 aromatic heterocycles. The summed E-state index contributed by atoms with van der Waals surface area (Å²) < 4.78 is 0. The Morgan fingerprint density at radius 3 is 2.50 bits per heavy atom. The van der Waals surface area contributed by atoms with E-state index in [4.69, 9.17) is 0 Å². The van der Waals surface area contributed by atoms with E-state index in [1.807, 2.05) is 6.07 Å². The highest BCUT2D eigenvalue weighted by atomic mass is 15.1. The lowest BCUT2D eigenvalue weighted by Gasteiger charge is -2.21. The Labute approximate surface area is 122 Å². The summed E-state index contributed by atoms with van der Waals surface area (Å²) in [5, 5.41) is 6.98. The second kappa shape index (κ2) is 6.91. The molecule has 0 aliphatic heterocycles. The van der Waals surface area contributed by atoms with Gasteiger partial charge in [0.1, 0.15) is 17.5 Å². The number of hydrogen-bond acceptors (Lipinski definition) is 4. The molecule has 3 unspecified atom stereocenters. The Morgan fingerprint density at radius 2 is 1.90 bits per heavy atom. The number of aryl methyl sites for hydroxylation is 1. The summed E-state index contributed by atoms with van der Waals surface area (Å²) in [5.74, 6) is 4.34. The number of aromatic nitrogens is 2. The van der Waals surface area contributed by atoms with E-state index >= 15 is 0 Å². The first-order valence-corrected chi connectivity index (χ1v) is 8.02. The first-order valence-electron chi connectivity index (χ1n) is 8.02. The largest absolute Gasteiger partial charge is 0.370 e. The summed E-state index contributed by atoms with van der Waals surface area (Å²) in [5.41, 5.74) is 0. The predicted molar refractivity (Wildman–Crippen MR) is 85.2 cm³/mol. The van der Waals surface area contributed by atoms with Crippen LogP contribution >= 0.6 is 0 Å². The van der Waals surface area contributed by atoms with Crippen molar-refractivity contribution < 1.29 is 0 Å². The number of rotatable bonds is 6. The van der Waals surface area contributed by atoms with Crippen LogP contribution in [0.25, 0.3) is 0 Å². The molecule has 112 valence electrons. The van der Waals surface area contributed by atoms with E-state index in [1.54, 1.807) is 0 Å². The van der Waals surface area contributed by atoms with Gasteiger partial charge in [0.05, 0.1) is 0 Å². The first kappa shape index (κ1) is 15.1. The molecule has 0 amide bonds. The smallest absolute Gasteiger partial charge is 0.132 e. The zero-order chi connectivity index (χ0) is 14.5. The van der Waals surface area contributed by atoms with Crippen LogP contribution in [-0.4, -0.2) is 22.6 Å². The van der Waals surface area contributed by atoms with Gasteiger partial charge in [0.25, 0.3) is 0 Å². The van der Waals surface area contributed by atoms with Crippen LogP contribution in [0.4, 0.5) is 11.6 Å². The molecule has 0 radical (unpaired) electrons. The highest BCUT2D eigenvalue weighted by Crippen LogP contribution is 2.33. The Kier molecular flexibility index (Phi) is 5.21. The summed E-state index contributed by atoms with van der Waals surface area (Å²) in [6.45, 7) is 9.90. The molecule has 4 nitrogen and oxygen atoms in total. The summed E-state index contributed by atoms with van der Waals surface area (Å²) in [7, 11) is 0. The second-order valence-electron chi connectivity index (χ2n) is 6.00. The van der Waals surface area contributed by atoms with E-state index in [0.717, 1.165) is 42.8 Å². The van der Waals surface area contributed by atoms with Crippen molar-refractivity contribution in [1.29, 1.82) is 0 Å². The molecule has 1 fully saturated rings. The highest BCUT2D eigenvalue weighted by Gasteiger charge is 2.29. The average molecular weight is 276 g/mol. The van der Waals surface area contributed by atoms with Crippen molar-refractivity contribution in [2.45, 2.75) is 59.4 Å². The minimum Gasteiger partial charge on any atom is -0.370 e. The summed E-state index contributed by atoms with van der Waals surface area (Å²) in [4.78, 5) is 9.16. The molecule has 4 heteroatoms. The lowest BCUT2D eigenvalue weighted by molar-refractivity contribution is 0.435. The summed E-state index contributed by atoms with van der Waals surface area (Å²) >= 11 is 0. The second-order valence-corrected chi connectivity index (χ2v) is 6.00. The molecule has 1 aromatic rings. The van der Waals surface area contributed by atoms with Gasteiger partial charge in [-0.3, -0.25) is 0 Å². The number of nitrogens with zero attached hydrogens (tertiary/aromatic N) is 2. The average Bonchev–Trinajstić information content (AvgIpc) is 2.77. The standard InChI is InChI=1S/C16H28N4/c1-5-9-17-15-10-16(20-14(6-2)19-15)18-13-8-7-11(3)12(13)4/h10-13H,5-9H2,1-4H3,(H2,17,18,19,20). The fraction of sp³-hybridized carbons (Fsp3) is 0.750. The van der Waals surface area contributed by atoms with Crippen molar-refractivity contribution in [2.24, 2.45) is 11.8 Å². The SMILES string of the molecule is CCCNc1cc(NC2CCC(C)C2C)nc(CC)n1. The fourth-order valence-electron chi connectivity index (χ4n) is 2.83. The van der Waals surface area contributed by atoms with Gasteiger partial charge in [0.15, 0.2) is 0 Å². The first-order chi connectivity index (χ1) is 9.63. The van der Waals surface area contributed by atoms with Crippen LogP contribution in [0, 0.1) is 11.8 Å². The van der Waals surface area contributed by atoms with Gasteiger partial charge in [-0.2, -0.15) is 0 Å². The third-order valence-corrected chi connectivity index (χ3v) is 4.44. The van der Waals surface area contributed by atoms with Gasteiger partial charge in [-0.15, -0.1) is 0 Å². The van der Waals surface area contributed by atoms with E-state index in [2.05, 4.69) is 48.3 Å². The molecule has 2 rings (SSSR count).